The minimum absolute atomic E-state index is 0.0708. The molecule has 6 nitrogen and oxygen atoms in total. The molecule has 0 aliphatic carbocycles. The van der Waals surface area contributed by atoms with E-state index in [1.807, 2.05) is 59.2 Å². The third kappa shape index (κ3) is 4.32. The zero-order valence-electron chi connectivity index (χ0n) is 18.1. The van der Waals surface area contributed by atoms with Crippen molar-refractivity contribution < 1.29 is 9.18 Å². The minimum Gasteiger partial charge on any atom is -0.324 e. The predicted octanol–water partition coefficient (Wildman–Crippen LogP) is 4.49. The number of benzene rings is 3. The van der Waals surface area contributed by atoms with Gasteiger partial charge in [0.25, 0.3) is 0 Å². The average Bonchev–Trinajstić information content (AvgIpc) is 3.17. The molecule has 5 rings (SSSR count). The molecule has 0 radical (unpaired) electrons. The molecule has 1 aliphatic heterocycles. The Hall–Kier alpha value is -3.71. The molecule has 1 atom stereocenters. The lowest BCUT2D eigenvalue weighted by Gasteiger charge is -2.37. The van der Waals surface area contributed by atoms with Crippen LogP contribution in [0.5, 0.6) is 0 Å². The first-order chi connectivity index (χ1) is 16.1. The number of amides is 1. The number of halogens is 1. The Morgan fingerprint density at radius 2 is 1.61 bits per heavy atom. The van der Waals surface area contributed by atoms with Crippen LogP contribution in [0.4, 0.5) is 10.1 Å². The van der Waals surface area contributed by atoms with Crippen molar-refractivity contribution >= 4 is 22.6 Å². The molecular formula is C26H25FN4O2. The Morgan fingerprint density at radius 1 is 0.939 bits per heavy atom. The van der Waals surface area contributed by atoms with Crippen molar-refractivity contribution in [2.75, 3.05) is 18.4 Å². The van der Waals surface area contributed by atoms with Crippen LogP contribution in [0, 0.1) is 5.82 Å². The fourth-order valence-corrected chi connectivity index (χ4v) is 4.75. The monoisotopic (exact) mass is 444 g/mol. The number of aromatic amines is 1. The first-order valence-corrected chi connectivity index (χ1v) is 11.1. The van der Waals surface area contributed by atoms with Gasteiger partial charge >= 0.3 is 5.69 Å². The van der Waals surface area contributed by atoms with Crippen LogP contribution >= 0.6 is 0 Å². The van der Waals surface area contributed by atoms with E-state index in [-0.39, 0.29) is 23.5 Å². The van der Waals surface area contributed by atoms with Crippen LogP contribution in [0.2, 0.25) is 0 Å². The number of nitrogens with one attached hydrogen (secondary N) is 2. The van der Waals surface area contributed by atoms with Crippen LogP contribution in [0.3, 0.4) is 0 Å². The molecule has 1 unspecified atom stereocenters. The largest absolute Gasteiger partial charge is 0.326 e. The highest BCUT2D eigenvalue weighted by molar-refractivity contribution is 5.95. The molecular weight excluding hydrogens is 419 g/mol. The van der Waals surface area contributed by atoms with E-state index in [1.54, 1.807) is 12.1 Å². The van der Waals surface area contributed by atoms with Crippen LogP contribution in [0.1, 0.15) is 30.5 Å². The van der Waals surface area contributed by atoms with Crippen LogP contribution in [0.25, 0.3) is 11.0 Å². The van der Waals surface area contributed by atoms with Gasteiger partial charge in [-0.15, -0.1) is 0 Å². The molecule has 4 aromatic rings. The smallest absolute Gasteiger partial charge is 0.324 e. The van der Waals surface area contributed by atoms with Crippen LogP contribution < -0.4 is 11.0 Å². The van der Waals surface area contributed by atoms with Gasteiger partial charge in [0, 0.05) is 24.8 Å². The van der Waals surface area contributed by atoms with Crippen molar-refractivity contribution in [3.05, 3.63) is 101 Å². The molecule has 1 aliphatic rings. The SMILES string of the molecule is O=C(Nc1ccc(F)cc1)C(c1ccccc1)N1CCC(n2c(=O)[nH]c3ccccc32)CC1. The lowest BCUT2D eigenvalue weighted by molar-refractivity contribution is -0.122. The summed E-state index contributed by atoms with van der Waals surface area (Å²) >= 11 is 0. The van der Waals surface area contributed by atoms with Gasteiger partial charge in [-0.2, -0.15) is 0 Å². The van der Waals surface area contributed by atoms with Crippen LogP contribution in [-0.4, -0.2) is 33.4 Å². The van der Waals surface area contributed by atoms with Crippen molar-refractivity contribution in [1.82, 2.24) is 14.5 Å². The predicted molar refractivity (Wildman–Crippen MR) is 127 cm³/mol. The number of anilines is 1. The molecule has 7 heteroatoms. The summed E-state index contributed by atoms with van der Waals surface area (Å²) < 4.78 is 15.1. The summed E-state index contributed by atoms with van der Waals surface area (Å²) in [6, 6.07) is 22.8. The van der Waals surface area contributed by atoms with Gasteiger partial charge in [0.2, 0.25) is 5.91 Å². The standard InChI is InChI=1S/C26H25FN4O2/c27-19-10-12-20(13-11-19)28-25(32)24(18-6-2-1-3-7-18)30-16-14-21(15-17-30)31-23-9-5-4-8-22(23)29-26(31)33/h1-13,21,24H,14-17H2,(H,28,32)(H,29,33). The molecule has 2 N–H and O–H groups in total. The lowest BCUT2D eigenvalue weighted by atomic mass is 9.98. The highest BCUT2D eigenvalue weighted by atomic mass is 19.1. The van der Waals surface area contributed by atoms with E-state index in [1.165, 1.54) is 12.1 Å². The fourth-order valence-electron chi connectivity index (χ4n) is 4.75. The second-order valence-corrected chi connectivity index (χ2v) is 8.39. The minimum atomic E-state index is -0.475. The second-order valence-electron chi connectivity index (χ2n) is 8.39. The quantitative estimate of drug-likeness (QED) is 0.477. The number of hydrogen-bond donors (Lipinski definition) is 2. The first-order valence-electron chi connectivity index (χ1n) is 11.1. The van der Waals surface area contributed by atoms with Crippen molar-refractivity contribution in [3.8, 4) is 0 Å². The number of fused-ring (bicyclic) bond motifs is 1. The highest BCUT2D eigenvalue weighted by Crippen LogP contribution is 2.31. The van der Waals surface area contributed by atoms with Gasteiger partial charge in [-0.25, -0.2) is 9.18 Å². The second kappa shape index (κ2) is 9.03. The van der Waals surface area contributed by atoms with Crippen LogP contribution in [-0.2, 0) is 4.79 Å². The van der Waals surface area contributed by atoms with Gasteiger partial charge in [0.05, 0.1) is 11.0 Å². The molecule has 0 spiro atoms. The third-order valence-corrected chi connectivity index (χ3v) is 6.33. The number of carbonyl (C=O) groups excluding carboxylic acids is 1. The molecule has 33 heavy (non-hydrogen) atoms. The number of aromatic nitrogens is 2. The Morgan fingerprint density at radius 3 is 2.33 bits per heavy atom. The normalized spacial score (nSPS) is 16.0. The Kier molecular flexibility index (Phi) is 5.79. The number of nitrogens with zero attached hydrogens (tertiary/aromatic N) is 2. The Labute approximate surface area is 190 Å². The van der Waals surface area contributed by atoms with E-state index in [9.17, 15) is 14.0 Å². The highest BCUT2D eigenvalue weighted by Gasteiger charge is 2.32. The van der Waals surface area contributed by atoms with E-state index in [0.717, 1.165) is 29.4 Å². The van der Waals surface area contributed by atoms with E-state index in [0.29, 0.717) is 18.8 Å². The number of likely N-dealkylation sites (tertiary alicyclic amines) is 1. The number of hydrogen-bond acceptors (Lipinski definition) is 3. The number of carbonyl (C=O) groups is 1. The van der Waals surface area contributed by atoms with E-state index in [4.69, 9.17) is 0 Å². The molecule has 1 amide bonds. The fraction of sp³-hybridized carbons (Fsp3) is 0.231. The average molecular weight is 445 g/mol. The summed E-state index contributed by atoms with van der Waals surface area (Å²) in [6.45, 7) is 1.35. The number of piperidine rings is 1. The number of H-pyrrole nitrogens is 1. The first kappa shape index (κ1) is 21.2. The van der Waals surface area contributed by atoms with Gasteiger partial charge in [0.15, 0.2) is 0 Å². The molecule has 168 valence electrons. The Balaban J connectivity index is 1.37. The Bertz CT molecular complexity index is 1310. The summed E-state index contributed by atoms with van der Waals surface area (Å²) in [5.74, 6) is -0.502. The van der Waals surface area contributed by atoms with Gasteiger partial charge in [-0.3, -0.25) is 14.3 Å². The van der Waals surface area contributed by atoms with Crippen molar-refractivity contribution in [2.45, 2.75) is 24.9 Å². The third-order valence-electron chi connectivity index (χ3n) is 6.33. The molecule has 0 bridgehead atoms. The van der Waals surface area contributed by atoms with Gasteiger partial charge < -0.3 is 10.3 Å². The number of imidazole rings is 1. The molecule has 3 aromatic carbocycles. The van der Waals surface area contributed by atoms with Crippen molar-refractivity contribution in [3.63, 3.8) is 0 Å². The summed E-state index contributed by atoms with van der Waals surface area (Å²) in [6.07, 6.45) is 1.52. The molecule has 1 aromatic heterocycles. The lowest BCUT2D eigenvalue weighted by Crippen LogP contribution is -2.43. The molecule has 0 saturated carbocycles. The zero-order valence-corrected chi connectivity index (χ0v) is 18.1. The van der Waals surface area contributed by atoms with Crippen LogP contribution in [0.15, 0.2) is 83.7 Å². The van der Waals surface area contributed by atoms with Crippen molar-refractivity contribution in [1.29, 1.82) is 0 Å². The zero-order chi connectivity index (χ0) is 22.8. The summed E-state index contributed by atoms with van der Waals surface area (Å²) in [5.41, 5.74) is 3.12. The molecule has 1 saturated heterocycles. The van der Waals surface area contributed by atoms with E-state index >= 15 is 0 Å². The molecule has 2 heterocycles. The van der Waals surface area contributed by atoms with Gasteiger partial charge in [-0.1, -0.05) is 42.5 Å². The summed E-state index contributed by atoms with van der Waals surface area (Å²) in [4.78, 5) is 31.0. The van der Waals surface area contributed by atoms with Crippen molar-refractivity contribution in [2.24, 2.45) is 0 Å². The maximum atomic E-state index is 13.3. The van der Waals surface area contributed by atoms with E-state index in [2.05, 4.69) is 15.2 Å². The van der Waals surface area contributed by atoms with E-state index < -0.39 is 6.04 Å². The summed E-state index contributed by atoms with van der Waals surface area (Å²) in [7, 11) is 0. The number of para-hydroxylation sites is 2. The maximum Gasteiger partial charge on any atom is 0.326 e. The molecule has 1 fully saturated rings. The topological polar surface area (TPSA) is 70.1 Å². The number of rotatable bonds is 5. The van der Waals surface area contributed by atoms with Gasteiger partial charge in [-0.05, 0) is 54.8 Å². The van der Waals surface area contributed by atoms with Gasteiger partial charge in [0.1, 0.15) is 11.9 Å². The maximum absolute atomic E-state index is 13.3. The summed E-state index contributed by atoms with van der Waals surface area (Å²) in [5, 5.41) is 2.93.